The maximum absolute atomic E-state index is 4.70. The lowest BCUT2D eigenvalue weighted by Crippen LogP contribution is -1.97. The third-order valence-corrected chi connectivity index (χ3v) is 4.71. The highest BCUT2D eigenvalue weighted by Gasteiger charge is 2.12. The molecule has 0 atom stereocenters. The van der Waals surface area contributed by atoms with E-state index in [4.69, 9.17) is 4.98 Å². The number of benzene rings is 2. The van der Waals surface area contributed by atoms with E-state index in [2.05, 4.69) is 38.2 Å². The van der Waals surface area contributed by atoms with Crippen molar-refractivity contribution < 1.29 is 0 Å². The van der Waals surface area contributed by atoms with E-state index in [1.165, 1.54) is 5.56 Å². The largest absolute Gasteiger partial charge is 0.342 e. The second-order valence-electron chi connectivity index (χ2n) is 6.73. The molecule has 0 spiro atoms. The van der Waals surface area contributed by atoms with Crippen molar-refractivity contribution in [3.63, 3.8) is 0 Å². The van der Waals surface area contributed by atoms with Crippen LogP contribution in [0.15, 0.2) is 54.7 Å². The molecule has 0 unspecified atom stereocenters. The number of nitrogens with one attached hydrogen (secondary N) is 1. The molecule has 3 heterocycles. The predicted molar refractivity (Wildman–Crippen MR) is 105 cm³/mol. The van der Waals surface area contributed by atoms with E-state index in [1.54, 1.807) is 0 Å². The molecule has 1 N–H and O–H groups in total. The Morgan fingerprint density at radius 1 is 1.00 bits per heavy atom. The van der Waals surface area contributed by atoms with Crippen LogP contribution in [0.5, 0.6) is 0 Å². The molecule has 6 heteroatoms. The highest BCUT2D eigenvalue weighted by atomic mass is 15.3. The number of H-pyrrole nitrogens is 1. The molecule has 2 aromatic carbocycles. The lowest BCUT2D eigenvalue weighted by atomic mass is 10.1. The molecule has 27 heavy (non-hydrogen) atoms. The van der Waals surface area contributed by atoms with Gasteiger partial charge in [-0.2, -0.15) is 0 Å². The standard InChI is InChI=1S/C21H18N6/c1-13-12-22-14(2)21-25-20(26-27(13)21)16-8-9-17-18(11-16)24-19(23-17)10-15-6-4-3-5-7-15/h3-9,11-12H,10H2,1-2H3,(H,23,24). The van der Waals surface area contributed by atoms with E-state index in [0.717, 1.165) is 45.9 Å². The minimum atomic E-state index is 0.690. The summed E-state index contributed by atoms with van der Waals surface area (Å²) in [5.41, 5.74) is 6.75. The van der Waals surface area contributed by atoms with E-state index < -0.39 is 0 Å². The van der Waals surface area contributed by atoms with Crippen LogP contribution in [0.3, 0.4) is 0 Å². The van der Waals surface area contributed by atoms with Gasteiger partial charge in [-0.15, -0.1) is 5.10 Å². The van der Waals surface area contributed by atoms with Crippen molar-refractivity contribution in [2.75, 3.05) is 0 Å². The van der Waals surface area contributed by atoms with Gasteiger partial charge < -0.3 is 4.98 Å². The van der Waals surface area contributed by atoms with Crippen LogP contribution in [0.25, 0.3) is 28.1 Å². The van der Waals surface area contributed by atoms with Crippen LogP contribution in [-0.4, -0.2) is 29.5 Å². The summed E-state index contributed by atoms with van der Waals surface area (Å²) in [7, 11) is 0. The first-order chi connectivity index (χ1) is 13.2. The fourth-order valence-electron chi connectivity index (χ4n) is 3.29. The summed E-state index contributed by atoms with van der Waals surface area (Å²) in [6.45, 7) is 3.92. The topological polar surface area (TPSA) is 71.8 Å². The fraction of sp³-hybridized carbons (Fsp3) is 0.143. The second-order valence-corrected chi connectivity index (χ2v) is 6.73. The van der Waals surface area contributed by atoms with Gasteiger partial charge in [-0.3, -0.25) is 4.98 Å². The molecule has 3 aromatic heterocycles. The zero-order valence-electron chi connectivity index (χ0n) is 15.1. The van der Waals surface area contributed by atoms with Crippen LogP contribution in [0.2, 0.25) is 0 Å². The van der Waals surface area contributed by atoms with E-state index in [0.29, 0.717) is 5.82 Å². The van der Waals surface area contributed by atoms with Crippen LogP contribution in [-0.2, 0) is 6.42 Å². The number of aromatic nitrogens is 6. The van der Waals surface area contributed by atoms with E-state index in [1.807, 2.05) is 54.9 Å². The van der Waals surface area contributed by atoms with Gasteiger partial charge in [-0.05, 0) is 37.6 Å². The summed E-state index contributed by atoms with van der Waals surface area (Å²) < 4.78 is 1.84. The third kappa shape index (κ3) is 2.75. The molecule has 0 saturated carbocycles. The Labute approximate surface area is 155 Å². The molecule has 5 rings (SSSR count). The SMILES string of the molecule is Cc1ncc(C)n2nc(-c3ccc4nc(Cc5ccccc5)[nH]c4c3)nc12. The molecule has 5 aromatic rings. The Hall–Kier alpha value is -3.54. The number of imidazole rings is 1. The normalized spacial score (nSPS) is 11.5. The van der Waals surface area contributed by atoms with Crippen molar-refractivity contribution in [2.24, 2.45) is 0 Å². The van der Waals surface area contributed by atoms with Crippen molar-refractivity contribution in [2.45, 2.75) is 20.3 Å². The van der Waals surface area contributed by atoms with Crippen LogP contribution in [0, 0.1) is 13.8 Å². The Morgan fingerprint density at radius 2 is 1.85 bits per heavy atom. The second kappa shape index (κ2) is 6.02. The number of rotatable bonds is 3. The number of fused-ring (bicyclic) bond motifs is 2. The van der Waals surface area contributed by atoms with Crippen LogP contribution in [0.1, 0.15) is 22.8 Å². The average molecular weight is 354 g/mol. The molecule has 0 aliphatic heterocycles. The molecule has 132 valence electrons. The maximum atomic E-state index is 4.70. The number of hydrogen-bond acceptors (Lipinski definition) is 4. The molecule has 0 saturated heterocycles. The third-order valence-electron chi connectivity index (χ3n) is 4.71. The minimum absolute atomic E-state index is 0.690. The Kier molecular flexibility index (Phi) is 3.50. The van der Waals surface area contributed by atoms with Crippen LogP contribution < -0.4 is 0 Å². The van der Waals surface area contributed by atoms with Crippen molar-refractivity contribution in [1.82, 2.24) is 29.5 Å². The van der Waals surface area contributed by atoms with Gasteiger partial charge in [0.05, 0.1) is 22.4 Å². The predicted octanol–water partition coefficient (Wildman–Crippen LogP) is 3.88. The Bertz CT molecular complexity index is 1230. The average Bonchev–Trinajstić information content (AvgIpc) is 3.29. The van der Waals surface area contributed by atoms with E-state index in [9.17, 15) is 0 Å². The Balaban J connectivity index is 1.55. The van der Waals surface area contributed by atoms with Gasteiger partial charge in [0.25, 0.3) is 0 Å². The van der Waals surface area contributed by atoms with Gasteiger partial charge in [0.1, 0.15) is 5.82 Å². The van der Waals surface area contributed by atoms with Crippen molar-refractivity contribution >= 4 is 16.7 Å². The van der Waals surface area contributed by atoms with Crippen LogP contribution in [0.4, 0.5) is 0 Å². The van der Waals surface area contributed by atoms with Crippen molar-refractivity contribution in [3.05, 3.63) is 77.5 Å². The Morgan fingerprint density at radius 3 is 2.67 bits per heavy atom. The van der Waals surface area contributed by atoms with Gasteiger partial charge in [0.15, 0.2) is 11.5 Å². The summed E-state index contributed by atoms with van der Waals surface area (Å²) in [5.74, 6) is 1.64. The van der Waals surface area contributed by atoms with Crippen LogP contribution >= 0.6 is 0 Å². The molecule has 0 bridgehead atoms. The maximum Gasteiger partial charge on any atom is 0.182 e. The highest BCUT2D eigenvalue weighted by molar-refractivity contribution is 5.80. The van der Waals surface area contributed by atoms with Crippen molar-refractivity contribution in [1.29, 1.82) is 0 Å². The first kappa shape index (κ1) is 15.7. The number of aryl methyl sites for hydroxylation is 2. The lowest BCUT2D eigenvalue weighted by molar-refractivity contribution is 0.891. The van der Waals surface area contributed by atoms with Gasteiger partial charge in [-0.1, -0.05) is 30.3 Å². The number of aromatic amines is 1. The fourth-order valence-corrected chi connectivity index (χ4v) is 3.29. The first-order valence-electron chi connectivity index (χ1n) is 8.89. The number of hydrogen-bond donors (Lipinski definition) is 1. The van der Waals surface area contributed by atoms with Crippen molar-refractivity contribution in [3.8, 4) is 11.4 Å². The zero-order chi connectivity index (χ0) is 18.4. The lowest BCUT2D eigenvalue weighted by Gasteiger charge is -1.97. The molecule has 0 aliphatic carbocycles. The smallest absolute Gasteiger partial charge is 0.182 e. The van der Waals surface area contributed by atoms with Gasteiger partial charge in [0.2, 0.25) is 0 Å². The van der Waals surface area contributed by atoms with Gasteiger partial charge in [-0.25, -0.2) is 14.5 Å². The minimum Gasteiger partial charge on any atom is -0.342 e. The molecule has 0 amide bonds. The quantitative estimate of drug-likeness (QED) is 0.534. The monoisotopic (exact) mass is 354 g/mol. The molecule has 0 radical (unpaired) electrons. The summed E-state index contributed by atoms with van der Waals surface area (Å²) in [4.78, 5) is 17.2. The zero-order valence-corrected chi connectivity index (χ0v) is 15.1. The van der Waals surface area contributed by atoms with E-state index in [-0.39, 0.29) is 0 Å². The van der Waals surface area contributed by atoms with E-state index >= 15 is 0 Å². The highest BCUT2D eigenvalue weighted by Crippen LogP contribution is 2.23. The molecular formula is C21H18N6. The molecule has 0 aliphatic rings. The first-order valence-corrected chi connectivity index (χ1v) is 8.89. The summed E-state index contributed by atoms with van der Waals surface area (Å²) in [5, 5.41) is 4.66. The number of nitrogens with zero attached hydrogens (tertiary/aromatic N) is 5. The molecule has 0 fully saturated rings. The summed E-state index contributed by atoms with van der Waals surface area (Å²) in [6.07, 6.45) is 2.59. The molecule has 6 nitrogen and oxygen atoms in total. The summed E-state index contributed by atoms with van der Waals surface area (Å²) >= 11 is 0. The van der Waals surface area contributed by atoms with Gasteiger partial charge >= 0.3 is 0 Å². The molecular weight excluding hydrogens is 336 g/mol. The van der Waals surface area contributed by atoms with Gasteiger partial charge in [0, 0.05) is 18.2 Å². The summed E-state index contributed by atoms with van der Waals surface area (Å²) in [6, 6.07) is 16.4.